The lowest BCUT2D eigenvalue weighted by atomic mass is 10.0. The second-order valence-corrected chi connectivity index (χ2v) is 2.44. The highest BCUT2D eigenvalue weighted by atomic mass is 16.5. The van der Waals surface area contributed by atoms with Gasteiger partial charge in [0.25, 0.3) is 0 Å². The van der Waals surface area contributed by atoms with E-state index in [0.717, 1.165) is 0 Å². The number of hydrogen-bond acceptors (Lipinski definition) is 5. The van der Waals surface area contributed by atoms with Crippen molar-refractivity contribution < 1.29 is 25.2 Å². The molecular weight excluding hydrogens is 152 g/mol. The molecule has 3 atom stereocenters. The van der Waals surface area contributed by atoms with Crippen LogP contribution in [0.25, 0.3) is 0 Å². The molecule has 0 unspecified atom stereocenters. The third-order valence-corrected chi connectivity index (χ3v) is 1.63. The van der Waals surface area contributed by atoms with Crippen molar-refractivity contribution in [3.8, 4) is 0 Å². The van der Waals surface area contributed by atoms with Gasteiger partial charge in [0.05, 0.1) is 13.2 Å². The Morgan fingerprint density at radius 1 is 1.45 bits per heavy atom. The first-order chi connectivity index (χ1) is 5.16. The van der Waals surface area contributed by atoms with Crippen LogP contribution in [0.4, 0.5) is 0 Å². The molecule has 4 N–H and O–H groups in total. The predicted molar refractivity (Wildman–Crippen MR) is 34.0 cm³/mol. The molecule has 1 rings (SSSR count). The molecule has 1 aliphatic heterocycles. The molecule has 11 heavy (non-hydrogen) atoms. The van der Waals surface area contributed by atoms with Gasteiger partial charge in [0, 0.05) is 0 Å². The zero-order valence-electron chi connectivity index (χ0n) is 5.84. The monoisotopic (exact) mass is 163 g/mol. The van der Waals surface area contributed by atoms with Crippen molar-refractivity contribution in [3.63, 3.8) is 0 Å². The van der Waals surface area contributed by atoms with E-state index in [2.05, 4.69) is 0 Å². The van der Waals surface area contributed by atoms with E-state index in [1.165, 1.54) is 0 Å². The van der Waals surface area contributed by atoms with Gasteiger partial charge in [0.1, 0.15) is 18.3 Å². The van der Waals surface area contributed by atoms with Crippen molar-refractivity contribution in [1.29, 1.82) is 0 Å². The Morgan fingerprint density at radius 3 is 2.64 bits per heavy atom. The van der Waals surface area contributed by atoms with Crippen molar-refractivity contribution in [3.05, 3.63) is 6.10 Å². The summed E-state index contributed by atoms with van der Waals surface area (Å²) in [5, 5.41) is 35.5. The van der Waals surface area contributed by atoms with Crippen LogP contribution in [0.3, 0.4) is 0 Å². The first-order valence-electron chi connectivity index (χ1n) is 3.31. The molecule has 0 aliphatic carbocycles. The smallest absolute Gasteiger partial charge is 0.155 e. The van der Waals surface area contributed by atoms with E-state index in [-0.39, 0.29) is 6.61 Å². The highest BCUT2D eigenvalue weighted by Gasteiger charge is 2.37. The number of aliphatic hydroxyl groups is 4. The van der Waals surface area contributed by atoms with Crippen LogP contribution in [0.15, 0.2) is 0 Å². The fourth-order valence-corrected chi connectivity index (χ4v) is 0.925. The average Bonchev–Trinajstić information content (AvgIpc) is 2.01. The molecule has 1 aliphatic rings. The third-order valence-electron chi connectivity index (χ3n) is 1.63. The summed E-state index contributed by atoms with van der Waals surface area (Å²) >= 11 is 0. The van der Waals surface area contributed by atoms with Gasteiger partial charge in [-0.25, -0.2) is 0 Å². The lowest BCUT2D eigenvalue weighted by Gasteiger charge is -2.33. The maximum atomic E-state index is 9.03. The highest BCUT2D eigenvalue weighted by Crippen LogP contribution is 2.20. The SMILES string of the molecule is OC[C@H]1OC[C@H](O)[C@H](O)[C]1O. The fourth-order valence-electron chi connectivity index (χ4n) is 0.925. The number of aliphatic hydroxyl groups excluding tert-OH is 4. The lowest BCUT2D eigenvalue weighted by Crippen LogP contribution is -2.49. The summed E-state index contributed by atoms with van der Waals surface area (Å²) in [6.07, 6.45) is -3.68. The second kappa shape index (κ2) is 3.46. The summed E-state index contributed by atoms with van der Waals surface area (Å²) in [4.78, 5) is 0. The molecule has 0 saturated carbocycles. The van der Waals surface area contributed by atoms with E-state index in [1.807, 2.05) is 0 Å². The van der Waals surface area contributed by atoms with Gasteiger partial charge in [-0.15, -0.1) is 0 Å². The van der Waals surface area contributed by atoms with Crippen LogP contribution in [0.2, 0.25) is 0 Å². The minimum absolute atomic E-state index is 0.0730. The fraction of sp³-hybridized carbons (Fsp3) is 0.833. The van der Waals surface area contributed by atoms with Gasteiger partial charge in [0.15, 0.2) is 6.10 Å². The van der Waals surface area contributed by atoms with Gasteiger partial charge in [-0.1, -0.05) is 0 Å². The molecule has 0 aromatic carbocycles. The molecule has 0 bridgehead atoms. The average molecular weight is 163 g/mol. The van der Waals surface area contributed by atoms with Crippen LogP contribution in [-0.2, 0) is 4.74 Å². The first-order valence-corrected chi connectivity index (χ1v) is 3.31. The Morgan fingerprint density at radius 2 is 2.09 bits per heavy atom. The van der Waals surface area contributed by atoms with Crippen LogP contribution < -0.4 is 0 Å². The van der Waals surface area contributed by atoms with E-state index in [1.54, 1.807) is 0 Å². The lowest BCUT2D eigenvalue weighted by molar-refractivity contribution is -0.150. The summed E-state index contributed by atoms with van der Waals surface area (Å²) in [7, 11) is 0. The van der Waals surface area contributed by atoms with Crippen molar-refractivity contribution in [2.24, 2.45) is 0 Å². The van der Waals surface area contributed by atoms with Crippen LogP contribution >= 0.6 is 0 Å². The minimum atomic E-state index is -1.30. The van der Waals surface area contributed by atoms with E-state index < -0.39 is 31.0 Å². The van der Waals surface area contributed by atoms with E-state index in [4.69, 9.17) is 25.2 Å². The Labute approximate surface area is 63.8 Å². The molecule has 0 spiro atoms. The van der Waals surface area contributed by atoms with Crippen LogP contribution in [0.1, 0.15) is 0 Å². The standard InChI is InChI=1S/C6H11O5/c7-1-4-6(10)5(9)3(8)2-11-4/h3-5,7-10H,1-2H2/t3-,4+,5-/m0/s1. The second-order valence-electron chi connectivity index (χ2n) is 2.44. The van der Waals surface area contributed by atoms with E-state index in [0.29, 0.717) is 0 Å². The normalized spacial score (nSPS) is 40.9. The third kappa shape index (κ3) is 1.69. The summed E-state index contributed by atoms with van der Waals surface area (Å²) in [6, 6.07) is 0. The zero-order valence-corrected chi connectivity index (χ0v) is 5.84. The number of rotatable bonds is 1. The minimum Gasteiger partial charge on any atom is -0.394 e. The van der Waals surface area contributed by atoms with Gasteiger partial charge < -0.3 is 25.2 Å². The Balaban J connectivity index is 2.52. The van der Waals surface area contributed by atoms with Gasteiger partial charge in [-0.05, 0) is 0 Å². The molecule has 65 valence electrons. The molecule has 1 heterocycles. The van der Waals surface area contributed by atoms with Crippen LogP contribution in [-0.4, -0.2) is 52.0 Å². The molecule has 1 fully saturated rings. The van der Waals surface area contributed by atoms with Crippen LogP contribution in [0, 0.1) is 6.10 Å². The van der Waals surface area contributed by atoms with Crippen molar-refractivity contribution in [1.82, 2.24) is 0 Å². The van der Waals surface area contributed by atoms with Crippen molar-refractivity contribution >= 4 is 0 Å². The molecule has 5 nitrogen and oxygen atoms in total. The Bertz CT molecular complexity index is 126. The quantitative estimate of drug-likeness (QED) is 0.359. The van der Waals surface area contributed by atoms with E-state index in [9.17, 15) is 0 Å². The predicted octanol–water partition coefficient (Wildman–Crippen LogP) is -2.00. The Kier molecular flexibility index (Phi) is 2.80. The zero-order chi connectivity index (χ0) is 8.43. The number of hydrogen-bond donors (Lipinski definition) is 4. The highest BCUT2D eigenvalue weighted by molar-refractivity contribution is 5.00. The van der Waals surface area contributed by atoms with Gasteiger partial charge in [-0.3, -0.25) is 0 Å². The summed E-state index contributed by atoms with van der Waals surface area (Å²) in [5.74, 6) is 0. The van der Waals surface area contributed by atoms with Crippen molar-refractivity contribution in [2.45, 2.75) is 18.3 Å². The molecule has 1 saturated heterocycles. The summed E-state index contributed by atoms with van der Waals surface area (Å²) < 4.78 is 4.78. The number of ether oxygens (including phenoxy) is 1. The largest absolute Gasteiger partial charge is 0.394 e. The van der Waals surface area contributed by atoms with Crippen molar-refractivity contribution in [2.75, 3.05) is 13.2 Å². The summed E-state index contributed by atoms with van der Waals surface area (Å²) in [5.41, 5.74) is 0. The van der Waals surface area contributed by atoms with Gasteiger partial charge in [0.2, 0.25) is 0 Å². The van der Waals surface area contributed by atoms with E-state index >= 15 is 0 Å². The molecule has 1 radical (unpaired) electrons. The summed E-state index contributed by atoms with van der Waals surface area (Å²) in [6.45, 7) is -0.466. The molecule has 0 amide bonds. The Hall–Kier alpha value is -0.200. The maximum absolute atomic E-state index is 9.03. The van der Waals surface area contributed by atoms with Crippen LogP contribution in [0.5, 0.6) is 0 Å². The molecular formula is C6H11O5. The molecule has 0 aromatic heterocycles. The van der Waals surface area contributed by atoms with Gasteiger partial charge in [-0.2, -0.15) is 0 Å². The molecule has 0 aromatic rings. The first kappa shape index (κ1) is 8.89. The van der Waals surface area contributed by atoms with Gasteiger partial charge >= 0.3 is 0 Å². The molecule has 5 heteroatoms. The topological polar surface area (TPSA) is 90.2 Å². The maximum Gasteiger partial charge on any atom is 0.155 e.